The molecule has 1 unspecified atom stereocenters. The molecule has 0 saturated carbocycles. The van der Waals surface area contributed by atoms with Crippen molar-refractivity contribution in [3.05, 3.63) is 113 Å². The molecule has 0 amide bonds. The van der Waals surface area contributed by atoms with Crippen LogP contribution in [0, 0.1) is 28.1 Å². The van der Waals surface area contributed by atoms with Gasteiger partial charge in [0.1, 0.15) is 0 Å². The number of hydrogen-bond acceptors (Lipinski definition) is 2. The van der Waals surface area contributed by atoms with E-state index in [-0.39, 0.29) is 62.6 Å². The monoisotopic (exact) mass is 726 g/mol. The molecule has 3 fully saturated rings. The summed E-state index contributed by atoms with van der Waals surface area (Å²) in [6.45, 7) is 29.8. The molecule has 0 N–H and O–H groups in total. The summed E-state index contributed by atoms with van der Waals surface area (Å²) in [5.74, 6) is 0.150. The molecule has 2 aromatic rings. The zero-order chi connectivity index (χ0) is 36.3. The van der Waals surface area contributed by atoms with Crippen molar-refractivity contribution in [1.29, 1.82) is 0 Å². The van der Waals surface area contributed by atoms with Crippen molar-refractivity contribution < 1.29 is 26.1 Å². The Labute approximate surface area is 323 Å². The van der Waals surface area contributed by atoms with Gasteiger partial charge in [0, 0.05) is 29.0 Å². The minimum absolute atomic E-state index is 0. The maximum absolute atomic E-state index is 7.01. The molecule has 7 rings (SSSR count). The number of benzene rings is 2. The molecule has 3 aliphatic heterocycles. The second kappa shape index (κ2) is 14.3. The van der Waals surface area contributed by atoms with Crippen molar-refractivity contribution in [3.8, 4) is 0 Å². The first-order chi connectivity index (χ1) is 23.3. The summed E-state index contributed by atoms with van der Waals surface area (Å²) in [6.07, 6.45) is 15.8. The Morgan fingerprint density at radius 3 is 1.35 bits per heavy atom. The Hall–Kier alpha value is -1.98. The average molecular weight is 726 g/mol. The Morgan fingerprint density at radius 2 is 0.941 bits per heavy atom. The third-order valence-electron chi connectivity index (χ3n) is 14.6. The van der Waals surface area contributed by atoms with E-state index in [1.807, 2.05) is 30.7 Å². The molecule has 0 bridgehead atoms. The van der Waals surface area contributed by atoms with E-state index in [1.165, 1.54) is 47.6 Å². The van der Waals surface area contributed by atoms with Crippen LogP contribution in [0.4, 0.5) is 0 Å². The first kappa shape index (κ1) is 40.2. The molecule has 0 spiro atoms. The zero-order valence-corrected chi connectivity index (χ0v) is 34.7. The Balaban J connectivity index is 0.000000774. The number of allylic oxidation sites excluding steroid dienone is 8. The summed E-state index contributed by atoms with van der Waals surface area (Å²) in [4.78, 5) is 0. The largest absolute Gasteiger partial charge is 0.465 e. The summed E-state index contributed by atoms with van der Waals surface area (Å²) in [6, 6.07) is 22.7. The molecule has 272 valence electrons. The molecule has 0 aromatic heterocycles. The molecular formula is C45H62B3CoO2. The van der Waals surface area contributed by atoms with Crippen molar-refractivity contribution in [3.63, 3.8) is 0 Å². The second-order valence-electron chi connectivity index (χ2n) is 19.6. The number of hydrogen-bond donors (Lipinski definition) is 0. The SMILES string of the molecule is CC1(C)CB(C2=C(c3ccccc3)CC(B3OC(C)(C)C(C)(C)O3)C(B3CC(C)(C)C(C)(C)C3)=C2c2ccccc2)CC1(C)C.[CH]1C=CC=C1.[Co]. The molecule has 2 aliphatic carbocycles. The van der Waals surface area contributed by atoms with Gasteiger partial charge in [-0.3, -0.25) is 0 Å². The van der Waals surface area contributed by atoms with Crippen LogP contribution < -0.4 is 0 Å². The van der Waals surface area contributed by atoms with Crippen molar-refractivity contribution in [2.75, 3.05) is 0 Å². The van der Waals surface area contributed by atoms with Gasteiger partial charge < -0.3 is 9.31 Å². The van der Waals surface area contributed by atoms with E-state index in [0.29, 0.717) is 13.4 Å². The van der Waals surface area contributed by atoms with E-state index in [2.05, 4.69) is 144 Å². The van der Waals surface area contributed by atoms with Crippen LogP contribution in [-0.2, 0) is 26.1 Å². The van der Waals surface area contributed by atoms with Crippen LogP contribution in [-0.4, -0.2) is 31.7 Å². The van der Waals surface area contributed by atoms with Gasteiger partial charge in [0.15, 0.2) is 13.4 Å². The van der Waals surface area contributed by atoms with Gasteiger partial charge in [-0.2, -0.15) is 0 Å². The van der Waals surface area contributed by atoms with Crippen LogP contribution in [0.2, 0.25) is 31.1 Å². The fourth-order valence-corrected chi connectivity index (χ4v) is 9.48. The van der Waals surface area contributed by atoms with Crippen LogP contribution >= 0.6 is 0 Å². The minimum Gasteiger partial charge on any atom is -0.403 e. The van der Waals surface area contributed by atoms with Gasteiger partial charge in [-0.15, -0.1) is 0 Å². The van der Waals surface area contributed by atoms with Gasteiger partial charge in [0.2, 0.25) is 0 Å². The molecule has 51 heavy (non-hydrogen) atoms. The fraction of sp³-hybridized carbons (Fsp3) is 0.533. The summed E-state index contributed by atoms with van der Waals surface area (Å²) < 4.78 is 14.0. The van der Waals surface area contributed by atoms with Crippen molar-refractivity contribution in [2.45, 2.75) is 132 Å². The van der Waals surface area contributed by atoms with Crippen LogP contribution in [0.3, 0.4) is 0 Å². The van der Waals surface area contributed by atoms with Gasteiger partial charge in [-0.25, -0.2) is 0 Å². The summed E-state index contributed by atoms with van der Waals surface area (Å²) >= 11 is 0. The third kappa shape index (κ3) is 7.56. The van der Waals surface area contributed by atoms with Crippen molar-refractivity contribution >= 4 is 31.7 Å². The maximum atomic E-state index is 7.01. The second-order valence-corrected chi connectivity index (χ2v) is 19.6. The summed E-state index contributed by atoms with van der Waals surface area (Å²) in [7, 11) is -0.285. The van der Waals surface area contributed by atoms with E-state index in [9.17, 15) is 0 Å². The first-order valence-corrected chi connectivity index (χ1v) is 19.4. The van der Waals surface area contributed by atoms with Gasteiger partial charge >= 0.3 is 7.12 Å². The smallest absolute Gasteiger partial charge is 0.403 e. The first-order valence-electron chi connectivity index (χ1n) is 19.4. The van der Waals surface area contributed by atoms with E-state index < -0.39 is 0 Å². The van der Waals surface area contributed by atoms with Crippen LogP contribution in [0.1, 0.15) is 101 Å². The molecule has 3 saturated heterocycles. The quantitative estimate of drug-likeness (QED) is 0.286. The van der Waals surface area contributed by atoms with Gasteiger partial charge in [0.25, 0.3) is 0 Å². The number of rotatable bonds is 5. The Kier molecular flexibility index (Phi) is 11.3. The van der Waals surface area contributed by atoms with Crippen LogP contribution in [0.5, 0.6) is 0 Å². The van der Waals surface area contributed by atoms with E-state index in [1.54, 1.807) is 10.9 Å². The van der Waals surface area contributed by atoms with Gasteiger partial charge in [-0.05, 0) is 78.0 Å². The van der Waals surface area contributed by atoms with Gasteiger partial charge in [-0.1, -0.05) is 177 Å². The van der Waals surface area contributed by atoms with E-state index in [4.69, 9.17) is 9.31 Å². The topological polar surface area (TPSA) is 18.5 Å². The Bertz CT molecular complexity index is 1620. The Morgan fingerprint density at radius 1 is 0.529 bits per heavy atom. The van der Waals surface area contributed by atoms with E-state index >= 15 is 0 Å². The maximum Gasteiger partial charge on any atom is 0.465 e. The van der Waals surface area contributed by atoms with Crippen LogP contribution in [0.25, 0.3) is 11.1 Å². The molecule has 6 heteroatoms. The molecule has 2 nitrogen and oxygen atoms in total. The van der Waals surface area contributed by atoms with Crippen LogP contribution in [0.15, 0.2) is 95.9 Å². The van der Waals surface area contributed by atoms with E-state index in [0.717, 1.165) is 6.42 Å². The molecule has 2 aromatic carbocycles. The standard InChI is InChI=1S/C40H57B3O2.C5H5.Co/c1-35(2)24-41(25-36(35,3)4)33-30(28-19-15-13-16-20-28)23-31(43-44-39(9,10)40(11,12)45-43)34(32(33)29-21-17-14-18-22-29)42-26-37(5,6)38(7,8)27-42;1-2-4-5-3-1;/h13-22,31H,23-27H2,1-12H3;1-5H;. The predicted molar refractivity (Wildman–Crippen MR) is 220 cm³/mol. The molecule has 5 aliphatic rings. The fourth-order valence-electron chi connectivity index (χ4n) is 9.48. The molecule has 3 heterocycles. The van der Waals surface area contributed by atoms with Crippen molar-refractivity contribution in [1.82, 2.24) is 0 Å². The molecule has 2 radical (unpaired) electrons. The van der Waals surface area contributed by atoms with Crippen molar-refractivity contribution in [2.24, 2.45) is 21.7 Å². The summed E-state index contributed by atoms with van der Waals surface area (Å²) in [5.41, 5.74) is 9.21. The minimum atomic E-state index is -0.375. The zero-order valence-electron chi connectivity index (χ0n) is 33.7. The normalized spacial score (nSPS) is 26.4. The predicted octanol–water partition coefficient (Wildman–Crippen LogP) is 12.3. The van der Waals surface area contributed by atoms with Gasteiger partial charge in [0.05, 0.1) is 11.2 Å². The third-order valence-corrected chi connectivity index (χ3v) is 14.6. The molecule has 1 atom stereocenters. The summed E-state index contributed by atoms with van der Waals surface area (Å²) in [5, 5.41) is 0. The molecular weight excluding hydrogens is 664 g/mol. The average Bonchev–Trinajstić information content (AvgIpc) is 3.78.